The molecule has 0 aliphatic rings. The highest BCUT2D eigenvalue weighted by Gasteiger charge is 2.07. The SMILES string of the molecule is CCc1cccc(CC)c1NCC(=O)NCCC#N. The Morgan fingerprint density at radius 3 is 2.42 bits per heavy atom. The van der Waals surface area contributed by atoms with Crippen LogP contribution < -0.4 is 10.6 Å². The number of nitrogens with zero attached hydrogens (tertiary/aromatic N) is 1. The molecule has 0 unspecified atom stereocenters. The average molecular weight is 259 g/mol. The Labute approximate surface area is 114 Å². The molecule has 0 heterocycles. The Balaban J connectivity index is 2.61. The molecule has 19 heavy (non-hydrogen) atoms. The third kappa shape index (κ3) is 4.63. The van der Waals surface area contributed by atoms with Crippen molar-refractivity contribution in [3.63, 3.8) is 0 Å². The van der Waals surface area contributed by atoms with Crippen LogP contribution in [0.15, 0.2) is 18.2 Å². The molecule has 0 spiro atoms. The third-order valence-electron chi connectivity index (χ3n) is 2.98. The molecule has 2 N–H and O–H groups in total. The van der Waals surface area contributed by atoms with Crippen LogP contribution in [0, 0.1) is 11.3 Å². The Morgan fingerprint density at radius 1 is 1.26 bits per heavy atom. The Kier molecular flexibility index (Phi) is 6.45. The Hall–Kier alpha value is -2.02. The van der Waals surface area contributed by atoms with Gasteiger partial charge in [0.05, 0.1) is 19.0 Å². The van der Waals surface area contributed by atoms with Gasteiger partial charge in [-0.3, -0.25) is 4.79 Å². The zero-order valence-corrected chi connectivity index (χ0v) is 11.6. The van der Waals surface area contributed by atoms with Gasteiger partial charge >= 0.3 is 0 Å². The zero-order valence-electron chi connectivity index (χ0n) is 11.6. The van der Waals surface area contributed by atoms with Gasteiger partial charge in [-0.25, -0.2) is 0 Å². The minimum atomic E-state index is -0.0804. The van der Waals surface area contributed by atoms with Crippen molar-refractivity contribution in [2.45, 2.75) is 33.1 Å². The van der Waals surface area contributed by atoms with E-state index in [2.05, 4.69) is 42.7 Å². The summed E-state index contributed by atoms with van der Waals surface area (Å²) < 4.78 is 0. The molecule has 0 saturated carbocycles. The first-order valence-corrected chi connectivity index (χ1v) is 6.71. The number of nitrogens with one attached hydrogen (secondary N) is 2. The van der Waals surface area contributed by atoms with E-state index >= 15 is 0 Å². The van der Waals surface area contributed by atoms with Crippen LogP contribution in [-0.4, -0.2) is 19.0 Å². The fraction of sp³-hybridized carbons (Fsp3) is 0.467. The first-order chi connectivity index (χ1) is 9.22. The Morgan fingerprint density at radius 2 is 1.89 bits per heavy atom. The van der Waals surface area contributed by atoms with E-state index in [1.54, 1.807) is 0 Å². The van der Waals surface area contributed by atoms with Crippen molar-refractivity contribution < 1.29 is 4.79 Å². The normalized spacial score (nSPS) is 9.74. The maximum Gasteiger partial charge on any atom is 0.239 e. The van der Waals surface area contributed by atoms with E-state index in [1.165, 1.54) is 11.1 Å². The van der Waals surface area contributed by atoms with Gasteiger partial charge in [0, 0.05) is 12.2 Å². The predicted molar refractivity (Wildman–Crippen MR) is 76.9 cm³/mol. The van der Waals surface area contributed by atoms with E-state index in [1.807, 2.05) is 6.07 Å². The first kappa shape index (κ1) is 15.0. The number of para-hydroxylation sites is 1. The lowest BCUT2D eigenvalue weighted by atomic mass is 10.0. The van der Waals surface area contributed by atoms with E-state index in [9.17, 15) is 4.79 Å². The summed E-state index contributed by atoms with van der Waals surface area (Å²) in [5, 5.41) is 14.3. The first-order valence-electron chi connectivity index (χ1n) is 6.71. The summed E-state index contributed by atoms with van der Waals surface area (Å²) >= 11 is 0. The van der Waals surface area contributed by atoms with Crippen LogP contribution >= 0.6 is 0 Å². The molecule has 0 saturated heterocycles. The number of carbonyl (C=O) groups excluding carboxylic acids is 1. The number of hydrogen-bond acceptors (Lipinski definition) is 3. The summed E-state index contributed by atoms with van der Waals surface area (Å²) in [4.78, 5) is 11.6. The molecule has 0 aliphatic carbocycles. The van der Waals surface area contributed by atoms with E-state index in [4.69, 9.17) is 5.26 Å². The maximum absolute atomic E-state index is 11.6. The van der Waals surface area contributed by atoms with Gasteiger partial charge in [-0.05, 0) is 24.0 Å². The molecule has 0 atom stereocenters. The van der Waals surface area contributed by atoms with Gasteiger partial charge in [-0.2, -0.15) is 5.26 Å². The van der Waals surface area contributed by atoms with Crippen LogP contribution in [0.1, 0.15) is 31.4 Å². The number of benzene rings is 1. The minimum Gasteiger partial charge on any atom is -0.376 e. The van der Waals surface area contributed by atoms with Crippen molar-refractivity contribution in [2.24, 2.45) is 0 Å². The van der Waals surface area contributed by atoms with Crippen LogP contribution in [0.2, 0.25) is 0 Å². The van der Waals surface area contributed by atoms with Crippen molar-refractivity contribution >= 4 is 11.6 Å². The van der Waals surface area contributed by atoms with Gasteiger partial charge in [0.25, 0.3) is 0 Å². The summed E-state index contributed by atoms with van der Waals surface area (Å²) in [6, 6.07) is 8.21. The highest BCUT2D eigenvalue weighted by molar-refractivity contribution is 5.81. The fourth-order valence-corrected chi connectivity index (χ4v) is 1.96. The van der Waals surface area contributed by atoms with Crippen molar-refractivity contribution in [3.05, 3.63) is 29.3 Å². The molecule has 4 nitrogen and oxygen atoms in total. The summed E-state index contributed by atoms with van der Waals surface area (Å²) in [5.74, 6) is -0.0804. The fourth-order valence-electron chi connectivity index (χ4n) is 1.96. The highest BCUT2D eigenvalue weighted by atomic mass is 16.1. The number of rotatable bonds is 7. The van der Waals surface area contributed by atoms with Crippen LogP contribution in [0.3, 0.4) is 0 Å². The highest BCUT2D eigenvalue weighted by Crippen LogP contribution is 2.22. The smallest absolute Gasteiger partial charge is 0.239 e. The summed E-state index contributed by atoms with van der Waals surface area (Å²) in [5.41, 5.74) is 3.52. The molecule has 0 aromatic heterocycles. The van der Waals surface area contributed by atoms with Crippen LogP contribution in [0.4, 0.5) is 5.69 Å². The molecule has 0 bridgehead atoms. The van der Waals surface area contributed by atoms with Gasteiger partial charge in [-0.15, -0.1) is 0 Å². The quantitative estimate of drug-likeness (QED) is 0.738. The molecule has 4 heteroatoms. The second kappa shape index (κ2) is 8.15. The lowest BCUT2D eigenvalue weighted by Crippen LogP contribution is -2.30. The summed E-state index contributed by atoms with van der Waals surface area (Å²) in [6.45, 7) is 4.86. The molecule has 0 aliphatic heterocycles. The number of carbonyl (C=O) groups is 1. The number of aryl methyl sites for hydroxylation is 2. The predicted octanol–water partition coefficient (Wildman–Crippen LogP) is 2.25. The van der Waals surface area contributed by atoms with Gasteiger partial charge in [0.1, 0.15) is 0 Å². The lowest BCUT2D eigenvalue weighted by molar-refractivity contribution is -0.119. The number of amides is 1. The second-order valence-electron chi connectivity index (χ2n) is 4.27. The molecule has 0 fully saturated rings. The van der Waals surface area contributed by atoms with E-state index in [0.717, 1.165) is 18.5 Å². The summed E-state index contributed by atoms with van der Waals surface area (Å²) in [6.07, 6.45) is 2.22. The largest absolute Gasteiger partial charge is 0.376 e. The van der Waals surface area contributed by atoms with Crippen molar-refractivity contribution in [1.29, 1.82) is 5.26 Å². The van der Waals surface area contributed by atoms with E-state index in [-0.39, 0.29) is 12.5 Å². The molecule has 1 aromatic carbocycles. The van der Waals surface area contributed by atoms with Gasteiger partial charge < -0.3 is 10.6 Å². The van der Waals surface area contributed by atoms with E-state index < -0.39 is 0 Å². The van der Waals surface area contributed by atoms with Crippen LogP contribution in [0.25, 0.3) is 0 Å². The minimum absolute atomic E-state index is 0.0804. The van der Waals surface area contributed by atoms with Crippen LogP contribution in [-0.2, 0) is 17.6 Å². The lowest BCUT2D eigenvalue weighted by Gasteiger charge is -2.15. The van der Waals surface area contributed by atoms with Crippen molar-refractivity contribution in [1.82, 2.24) is 5.32 Å². The van der Waals surface area contributed by atoms with Gasteiger partial charge in [0.2, 0.25) is 5.91 Å². The standard InChI is InChI=1S/C15H21N3O/c1-3-12-7-5-8-13(4-2)15(12)18-11-14(19)17-10-6-9-16/h5,7-8,18H,3-4,6,10-11H2,1-2H3,(H,17,19). The number of nitriles is 1. The zero-order chi connectivity index (χ0) is 14.1. The molecule has 0 radical (unpaired) electrons. The molecule has 1 rings (SSSR count). The number of hydrogen-bond donors (Lipinski definition) is 2. The second-order valence-corrected chi connectivity index (χ2v) is 4.27. The monoisotopic (exact) mass is 259 g/mol. The molecule has 1 aromatic rings. The Bertz CT molecular complexity index is 441. The topological polar surface area (TPSA) is 64.9 Å². The summed E-state index contributed by atoms with van der Waals surface area (Å²) in [7, 11) is 0. The van der Waals surface area contributed by atoms with Crippen molar-refractivity contribution in [3.8, 4) is 6.07 Å². The number of anilines is 1. The van der Waals surface area contributed by atoms with Crippen LogP contribution in [0.5, 0.6) is 0 Å². The van der Waals surface area contributed by atoms with E-state index in [0.29, 0.717) is 13.0 Å². The van der Waals surface area contributed by atoms with Gasteiger partial charge in [0.15, 0.2) is 0 Å². The average Bonchev–Trinajstić information content (AvgIpc) is 2.44. The van der Waals surface area contributed by atoms with Gasteiger partial charge in [-0.1, -0.05) is 32.0 Å². The third-order valence-corrected chi connectivity index (χ3v) is 2.98. The molecular formula is C15H21N3O. The molecular weight excluding hydrogens is 238 g/mol. The molecule has 1 amide bonds. The molecule has 102 valence electrons. The van der Waals surface area contributed by atoms with Crippen molar-refractivity contribution in [2.75, 3.05) is 18.4 Å². The maximum atomic E-state index is 11.6.